The summed E-state index contributed by atoms with van der Waals surface area (Å²) < 4.78 is 0. The van der Waals surface area contributed by atoms with Gasteiger partial charge in [0, 0.05) is 6.04 Å². The van der Waals surface area contributed by atoms with Gasteiger partial charge < -0.3 is 15.7 Å². The fourth-order valence-electron chi connectivity index (χ4n) is 2.22. The van der Waals surface area contributed by atoms with Crippen LogP contribution in [0.1, 0.15) is 46.0 Å². The van der Waals surface area contributed by atoms with Crippen LogP contribution in [0.15, 0.2) is 0 Å². The minimum atomic E-state index is -0.854. The fraction of sp³-hybridized carbons (Fsp3) is 0.846. The van der Waals surface area contributed by atoms with E-state index in [2.05, 4.69) is 17.6 Å². The van der Waals surface area contributed by atoms with Crippen LogP contribution in [-0.4, -0.2) is 40.2 Å². The smallest absolute Gasteiger partial charge is 0.315 e. The van der Waals surface area contributed by atoms with Gasteiger partial charge >= 0.3 is 12.0 Å². The molecule has 0 aromatic carbocycles. The number of carbonyl (C=O) groups is 2. The van der Waals surface area contributed by atoms with Gasteiger partial charge in [-0.15, -0.1) is 0 Å². The van der Waals surface area contributed by atoms with Gasteiger partial charge in [-0.05, 0) is 44.1 Å². The third-order valence-corrected chi connectivity index (χ3v) is 4.39. The van der Waals surface area contributed by atoms with E-state index in [0.29, 0.717) is 0 Å². The first-order valence-electron chi connectivity index (χ1n) is 6.85. The number of carboxylic acids is 1. The number of amides is 2. The Bertz CT molecular complexity index is 319. The van der Waals surface area contributed by atoms with Crippen LogP contribution in [0.25, 0.3) is 0 Å². The molecule has 0 bridgehead atoms. The average Bonchev–Trinajstić information content (AvgIpc) is 2.25. The molecular weight excluding hydrogens is 264 g/mol. The van der Waals surface area contributed by atoms with Gasteiger partial charge in [-0.1, -0.05) is 6.92 Å². The van der Waals surface area contributed by atoms with Crippen molar-refractivity contribution >= 4 is 23.8 Å². The molecular formula is C13H24N2O3S. The van der Waals surface area contributed by atoms with Crippen LogP contribution in [0.5, 0.6) is 0 Å². The Labute approximate surface area is 118 Å². The number of hydrogen-bond acceptors (Lipinski definition) is 3. The van der Waals surface area contributed by atoms with Gasteiger partial charge in [-0.25, -0.2) is 4.79 Å². The lowest BCUT2D eigenvalue weighted by molar-refractivity contribution is -0.139. The van der Waals surface area contributed by atoms with Crippen molar-refractivity contribution in [1.82, 2.24) is 10.6 Å². The molecule has 0 heterocycles. The second kappa shape index (κ2) is 7.62. The van der Waals surface area contributed by atoms with E-state index < -0.39 is 11.5 Å². The van der Waals surface area contributed by atoms with Crippen molar-refractivity contribution in [2.45, 2.75) is 57.5 Å². The van der Waals surface area contributed by atoms with Crippen molar-refractivity contribution in [2.24, 2.45) is 0 Å². The summed E-state index contributed by atoms with van der Waals surface area (Å²) in [5, 5.41) is 14.6. The predicted octanol–water partition coefficient (Wildman–Crippen LogP) is 2.21. The van der Waals surface area contributed by atoms with E-state index in [-0.39, 0.29) is 18.5 Å². The molecule has 1 aliphatic carbocycles. The maximum atomic E-state index is 11.9. The van der Waals surface area contributed by atoms with Crippen LogP contribution >= 0.6 is 11.8 Å². The zero-order valence-electron chi connectivity index (χ0n) is 11.7. The third-order valence-electron chi connectivity index (χ3n) is 3.46. The molecule has 1 fully saturated rings. The lowest BCUT2D eigenvalue weighted by atomic mass is 9.74. The minimum Gasteiger partial charge on any atom is -0.481 e. The van der Waals surface area contributed by atoms with E-state index in [4.69, 9.17) is 5.11 Å². The molecule has 3 N–H and O–H groups in total. The Balaban J connectivity index is 2.31. The van der Waals surface area contributed by atoms with E-state index >= 15 is 0 Å². The standard InChI is InChI=1S/C13H24N2O3S/c1-3-19-8-5-10(2)14-12(18)15-13(6-4-7-13)9-11(16)17/h10H,3-9H2,1-2H3,(H,16,17)(H2,14,15,18). The SMILES string of the molecule is CCSCCC(C)NC(=O)NC1(CC(=O)O)CCC1. The molecule has 6 heteroatoms. The zero-order valence-corrected chi connectivity index (χ0v) is 12.5. The van der Waals surface area contributed by atoms with Crippen LogP contribution in [0.3, 0.4) is 0 Å². The van der Waals surface area contributed by atoms with E-state index in [1.807, 2.05) is 18.7 Å². The lowest BCUT2D eigenvalue weighted by Gasteiger charge is -2.41. The number of carboxylic acid groups (broad SMARTS) is 1. The summed E-state index contributed by atoms with van der Waals surface area (Å²) >= 11 is 1.85. The quantitative estimate of drug-likeness (QED) is 0.598. The van der Waals surface area contributed by atoms with Crippen molar-refractivity contribution in [3.05, 3.63) is 0 Å². The van der Waals surface area contributed by atoms with Crippen LogP contribution < -0.4 is 10.6 Å². The van der Waals surface area contributed by atoms with Crippen LogP contribution in [0.4, 0.5) is 4.79 Å². The molecule has 0 saturated heterocycles. The van der Waals surface area contributed by atoms with E-state index in [9.17, 15) is 9.59 Å². The maximum Gasteiger partial charge on any atom is 0.315 e. The second-order valence-corrected chi connectivity index (χ2v) is 6.58. The predicted molar refractivity (Wildman–Crippen MR) is 77.6 cm³/mol. The molecule has 5 nitrogen and oxygen atoms in total. The molecule has 1 aliphatic rings. The van der Waals surface area contributed by atoms with E-state index in [0.717, 1.165) is 37.2 Å². The maximum absolute atomic E-state index is 11.9. The molecule has 0 aliphatic heterocycles. The molecule has 0 spiro atoms. The summed E-state index contributed by atoms with van der Waals surface area (Å²) in [6.45, 7) is 4.09. The average molecular weight is 288 g/mol. The molecule has 0 aromatic heterocycles. The van der Waals surface area contributed by atoms with Crippen molar-refractivity contribution in [3.8, 4) is 0 Å². The summed E-state index contributed by atoms with van der Waals surface area (Å²) in [6.07, 6.45) is 3.44. The second-order valence-electron chi connectivity index (χ2n) is 5.19. The first-order valence-corrected chi connectivity index (χ1v) is 8.01. The molecule has 0 radical (unpaired) electrons. The monoisotopic (exact) mass is 288 g/mol. The van der Waals surface area contributed by atoms with Gasteiger partial charge in [-0.3, -0.25) is 4.79 Å². The Morgan fingerprint density at radius 3 is 2.58 bits per heavy atom. The summed E-state index contributed by atoms with van der Waals surface area (Å²) in [7, 11) is 0. The Morgan fingerprint density at radius 2 is 2.11 bits per heavy atom. The van der Waals surface area contributed by atoms with Gasteiger partial charge in [-0.2, -0.15) is 11.8 Å². The van der Waals surface area contributed by atoms with Gasteiger partial charge in [0.05, 0.1) is 12.0 Å². The molecule has 110 valence electrons. The molecule has 1 atom stereocenters. The number of carbonyl (C=O) groups excluding carboxylic acids is 1. The van der Waals surface area contributed by atoms with Gasteiger partial charge in [0.2, 0.25) is 0 Å². The zero-order chi connectivity index (χ0) is 14.3. The van der Waals surface area contributed by atoms with Crippen LogP contribution in [0, 0.1) is 0 Å². The summed E-state index contributed by atoms with van der Waals surface area (Å²) in [5.41, 5.74) is -0.520. The van der Waals surface area contributed by atoms with Crippen molar-refractivity contribution in [2.75, 3.05) is 11.5 Å². The van der Waals surface area contributed by atoms with Crippen LogP contribution in [-0.2, 0) is 4.79 Å². The minimum absolute atomic E-state index is 0.0144. The highest BCUT2D eigenvalue weighted by molar-refractivity contribution is 7.99. The van der Waals surface area contributed by atoms with Gasteiger partial charge in [0.25, 0.3) is 0 Å². The molecule has 0 aromatic rings. The van der Waals surface area contributed by atoms with E-state index in [1.54, 1.807) is 0 Å². The number of aliphatic carboxylic acids is 1. The number of rotatable bonds is 8. The van der Waals surface area contributed by atoms with Crippen molar-refractivity contribution < 1.29 is 14.7 Å². The van der Waals surface area contributed by atoms with Crippen LogP contribution in [0.2, 0.25) is 0 Å². The molecule has 1 unspecified atom stereocenters. The number of urea groups is 1. The highest BCUT2D eigenvalue weighted by Gasteiger charge is 2.40. The largest absolute Gasteiger partial charge is 0.481 e. The van der Waals surface area contributed by atoms with E-state index in [1.165, 1.54) is 0 Å². The topological polar surface area (TPSA) is 78.4 Å². The summed E-state index contributed by atoms with van der Waals surface area (Å²) in [6, 6.07) is -0.129. The molecule has 1 saturated carbocycles. The first kappa shape index (κ1) is 16.1. The Hall–Kier alpha value is -0.910. The molecule has 1 rings (SSSR count). The number of thioether (sulfide) groups is 1. The van der Waals surface area contributed by atoms with Crippen molar-refractivity contribution in [3.63, 3.8) is 0 Å². The molecule has 2 amide bonds. The first-order chi connectivity index (χ1) is 8.97. The van der Waals surface area contributed by atoms with Gasteiger partial charge in [0.1, 0.15) is 0 Å². The summed E-state index contributed by atoms with van der Waals surface area (Å²) in [4.78, 5) is 22.7. The highest BCUT2D eigenvalue weighted by atomic mass is 32.2. The highest BCUT2D eigenvalue weighted by Crippen LogP contribution is 2.34. The third kappa shape index (κ3) is 5.72. The van der Waals surface area contributed by atoms with Crippen molar-refractivity contribution in [1.29, 1.82) is 0 Å². The fourth-order valence-corrected chi connectivity index (χ4v) is 3.03. The Kier molecular flexibility index (Phi) is 6.48. The number of nitrogens with one attached hydrogen (secondary N) is 2. The van der Waals surface area contributed by atoms with Gasteiger partial charge in [0.15, 0.2) is 0 Å². The molecule has 19 heavy (non-hydrogen) atoms. The number of hydrogen-bond donors (Lipinski definition) is 3. The Morgan fingerprint density at radius 1 is 1.42 bits per heavy atom. The summed E-state index contributed by atoms with van der Waals surface area (Å²) in [5.74, 6) is 1.26. The normalized spacial score (nSPS) is 18.2. The lowest BCUT2D eigenvalue weighted by Crippen LogP contribution is -2.58.